The molecule has 0 saturated carbocycles. The molecule has 4 aromatic rings. The molecular formula is C42H62O3S4. The fourth-order valence-corrected chi connectivity index (χ4v) is 11.2. The molecule has 0 atom stereocenters. The zero-order valence-corrected chi connectivity index (χ0v) is 34.0. The first-order valence-electron chi connectivity index (χ1n) is 19.3. The van der Waals surface area contributed by atoms with E-state index in [0.29, 0.717) is 5.75 Å². The average molecular weight is 743 g/mol. The van der Waals surface area contributed by atoms with Gasteiger partial charge in [-0.05, 0) is 84.3 Å². The number of ether oxygens (including phenoxy) is 1. The number of hydrogen-bond donors (Lipinski definition) is 2. The van der Waals surface area contributed by atoms with Crippen LogP contribution in [0.25, 0.3) is 19.5 Å². The minimum absolute atomic E-state index is 0.0785. The van der Waals surface area contributed by atoms with Crippen LogP contribution in [0.3, 0.4) is 0 Å². The van der Waals surface area contributed by atoms with Crippen molar-refractivity contribution in [1.29, 1.82) is 0 Å². The van der Waals surface area contributed by atoms with Crippen LogP contribution in [0.15, 0.2) is 45.8 Å². The van der Waals surface area contributed by atoms with Crippen molar-refractivity contribution in [2.45, 2.75) is 167 Å². The van der Waals surface area contributed by atoms with Crippen LogP contribution < -0.4 is 4.74 Å². The van der Waals surface area contributed by atoms with Gasteiger partial charge < -0.3 is 14.9 Å². The summed E-state index contributed by atoms with van der Waals surface area (Å²) in [6, 6.07) is 8.32. The van der Waals surface area contributed by atoms with Gasteiger partial charge in [0.15, 0.2) is 0 Å². The van der Waals surface area contributed by atoms with E-state index in [2.05, 4.69) is 56.7 Å². The largest absolute Gasteiger partial charge is 0.506 e. The van der Waals surface area contributed by atoms with Crippen LogP contribution in [0.1, 0.15) is 167 Å². The zero-order valence-electron chi connectivity index (χ0n) is 30.7. The lowest BCUT2D eigenvalue weighted by Gasteiger charge is -2.38. The van der Waals surface area contributed by atoms with Crippen molar-refractivity contribution >= 4 is 45.3 Å². The van der Waals surface area contributed by atoms with Crippen LogP contribution in [-0.4, -0.2) is 10.2 Å². The number of fused-ring (bicyclic) bond motifs is 3. The minimum Gasteiger partial charge on any atom is -0.506 e. The molecule has 1 aliphatic rings. The molecule has 7 heteroatoms. The molecule has 0 aliphatic carbocycles. The van der Waals surface area contributed by atoms with Gasteiger partial charge in [-0.15, -0.1) is 45.3 Å². The van der Waals surface area contributed by atoms with E-state index in [1.807, 2.05) is 33.4 Å². The van der Waals surface area contributed by atoms with E-state index in [9.17, 15) is 10.2 Å². The fourth-order valence-electron chi connectivity index (χ4n) is 7.23. The highest BCUT2D eigenvalue weighted by Gasteiger charge is 2.41. The number of aliphatic hydroxyl groups is 1. The third-order valence-corrected chi connectivity index (χ3v) is 14.0. The topological polar surface area (TPSA) is 49.7 Å². The molecule has 5 heterocycles. The van der Waals surface area contributed by atoms with Gasteiger partial charge in [0, 0.05) is 11.1 Å². The SMILES string of the molecule is CCCCCCC(O)(CCCCCC)c1ccsc1-c1sccc1O.CCCCCCC1(CCCCCC)Oc2ccsc2-c2sccc21. The summed E-state index contributed by atoms with van der Waals surface area (Å²) >= 11 is 6.89. The molecular weight excluding hydrogens is 681 g/mol. The molecule has 49 heavy (non-hydrogen) atoms. The van der Waals surface area contributed by atoms with Gasteiger partial charge in [-0.3, -0.25) is 0 Å². The number of hydrogen-bond acceptors (Lipinski definition) is 7. The van der Waals surface area contributed by atoms with Gasteiger partial charge in [-0.2, -0.15) is 0 Å². The van der Waals surface area contributed by atoms with Crippen molar-refractivity contribution in [3.8, 4) is 31.0 Å². The van der Waals surface area contributed by atoms with E-state index in [0.717, 1.165) is 59.6 Å². The molecule has 4 aromatic heterocycles. The summed E-state index contributed by atoms with van der Waals surface area (Å²) in [5, 5.41) is 30.1. The Hall–Kier alpha value is -1.64. The Kier molecular flexibility index (Phi) is 17.2. The first-order chi connectivity index (χ1) is 23.9. The maximum Gasteiger partial charge on any atom is 0.140 e. The molecule has 1 aliphatic heterocycles. The normalized spacial score (nSPS) is 13.4. The van der Waals surface area contributed by atoms with Crippen molar-refractivity contribution in [2.24, 2.45) is 0 Å². The van der Waals surface area contributed by atoms with E-state index in [4.69, 9.17) is 4.74 Å². The van der Waals surface area contributed by atoms with Gasteiger partial charge in [0.1, 0.15) is 17.1 Å². The molecule has 5 rings (SSSR count). The van der Waals surface area contributed by atoms with Crippen molar-refractivity contribution in [1.82, 2.24) is 0 Å². The molecule has 2 N–H and O–H groups in total. The van der Waals surface area contributed by atoms with E-state index >= 15 is 0 Å². The van der Waals surface area contributed by atoms with Crippen molar-refractivity contribution < 1.29 is 14.9 Å². The van der Waals surface area contributed by atoms with E-state index in [-0.39, 0.29) is 5.60 Å². The highest BCUT2D eigenvalue weighted by atomic mass is 32.1. The Morgan fingerprint density at radius 2 is 1.04 bits per heavy atom. The van der Waals surface area contributed by atoms with Gasteiger partial charge in [-0.25, -0.2) is 0 Å². The van der Waals surface area contributed by atoms with Gasteiger partial charge in [-0.1, -0.05) is 118 Å². The highest BCUT2D eigenvalue weighted by molar-refractivity contribution is 7.21. The van der Waals surface area contributed by atoms with Gasteiger partial charge in [0.2, 0.25) is 0 Å². The molecule has 0 amide bonds. The lowest BCUT2D eigenvalue weighted by atomic mass is 9.82. The number of unbranched alkanes of at least 4 members (excludes halogenated alkanes) is 12. The lowest BCUT2D eigenvalue weighted by molar-refractivity contribution is 0.0142. The maximum absolute atomic E-state index is 11.6. The van der Waals surface area contributed by atoms with E-state index < -0.39 is 5.60 Å². The molecule has 0 bridgehead atoms. The van der Waals surface area contributed by atoms with Crippen LogP contribution >= 0.6 is 45.3 Å². The van der Waals surface area contributed by atoms with Crippen molar-refractivity contribution in [2.75, 3.05) is 0 Å². The standard InChI is InChI=1S/C21H32O2S2.C21H30OS2/c1-3-5-7-9-13-21(23,14-10-8-6-4-2)17-11-15-24-19(17)20-18(22)12-16-25-20;1-3-5-7-9-13-21(14-10-8-6-4-2)17-11-15-23-19(17)20-18(22-21)12-16-24-20/h11-12,15-16,22-23H,3-10,13-14H2,1-2H3;11-12,15-16H,3-10,13-14H2,1-2H3. The Bertz CT molecular complexity index is 1440. The quantitative estimate of drug-likeness (QED) is 0.0788. The molecule has 0 saturated heterocycles. The maximum atomic E-state index is 11.6. The zero-order chi connectivity index (χ0) is 35.0. The molecule has 0 unspecified atom stereocenters. The molecule has 0 radical (unpaired) electrons. The van der Waals surface area contributed by atoms with Gasteiger partial charge >= 0.3 is 0 Å². The fraction of sp³-hybridized carbons (Fsp3) is 0.619. The summed E-state index contributed by atoms with van der Waals surface area (Å²) in [4.78, 5) is 4.75. The Morgan fingerprint density at radius 1 is 0.551 bits per heavy atom. The van der Waals surface area contributed by atoms with Crippen LogP contribution in [0.2, 0.25) is 0 Å². The third-order valence-electron chi connectivity index (χ3n) is 10.1. The van der Waals surface area contributed by atoms with Crippen molar-refractivity contribution in [3.63, 3.8) is 0 Å². The second-order valence-electron chi connectivity index (χ2n) is 13.9. The first kappa shape index (κ1) is 40.1. The monoisotopic (exact) mass is 742 g/mol. The molecule has 0 fully saturated rings. The molecule has 272 valence electrons. The Balaban J connectivity index is 0.000000221. The summed E-state index contributed by atoms with van der Waals surface area (Å²) in [7, 11) is 0. The van der Waals surface area contributed by atoms with Crippen LogP contribution in [0.4, 0.5) is 0 Å². The second kappa shape index (κ2) is 21.0. The summed E-state index contributed by atoms with van der Waals surface area (Å²) in [5.74, 6) is 1.45. The third kappa shape index (κ3) is 10.9. The Labute approximate surface area is 313 Å². The summed E-state index contributed by atoms with van der Waals surface area (Å²) in [6.45, 7) is 9.00. The highest BCUT2D eigenvalue weighted by Crippen LogP contribution is 2.54. The predicted octanol–water partition coefficient (Wildman–Crippen LogP) is 15.3. The second-order valence-corrected chi connectivity index (χ2v) is 17.6. The smallest absolute Gasteiger partial charge is 0.140 e. The summed E-state index contributed by atoms with van der Waals surface area (Å²) in [5.41, 5.74) is 1.64. The molecule has 3 nitrogen and oxygen atoms in total. The minimum atomic E-state index is -0.771. The number of thiophene rings is 4. The molecule has 0 spiro atoms. The number of aromatic hydroxyl groups is 1. The molecule has 0 aromatic carbocycles. The van der Waals surface area contributed by atoms with E-state index in [1.54, 1.807) is 28.7 Å². The average Bonchev–Trinajstić information content (AvgIpc) is 3.93. The Morgan fingerprint density at radius 3 is 1.61 bits per heavy atom. The predicted molar refractivity (Wildman–Crippen MR) is 218 cm³/mol. The summed E-state index contributed by atoms with van der Waals surface area (Å²) in [6.07, 6.45) is 23.8. The van der Waals surface area contributed by atoms with Crippen molar-refractivity contribution in [3.05, 3.63) is 56.9 Å². The van der Waals surface area contributed by atoms with E-state index in [1.165, 1.54) is 105 Å². The summed E-state index contributed by atoms with van der Waals surface area (Å²) < 4.78 is 6.72. The van der Waals surface area contributed by atoms with Crippen LogP contribution in [0.5, 0.6) is 11.5 Å². The van der Waals surface area contributed by atoms with Crippen LogP contribution in [0, 0.1) is 0 Å². The van der Waals surface area contributed by atoms with Gasteiger partial charge in [0.25, 0.3) is 0 Å². The lowest BCUT2D eigenvalue weighted by Crippen LogP contribution is -2.35. The first-order valence-corrected chi connectivity index (χ1v) is 22.9. The van der Waals surface area contributed by atoms with Gasteiger partial charge in [0.05, 0.1) is 25.1 Å². The van der Waals surface area contributed by atoms with Crippen LogP contribution in [-0.2, 0) is 11.2 Å². The number of rotatable bonds is 22.